The van der Waals surface area contributed by atoms with Crippen molar-refractivity contribution < 1.29 is 14.3 Å². The van der Waals surface area contributed by atoms with Crippen molar-refractivity contribution in [1.29, 1.82) is 5.26 Å². The second-order valence-corrected chi connectivity index (χ2v) is 7.60. The number of ether oxygens (including phenoxy) is 2. The smallest absolute Gasteiger partial charge is 0.266 e. The number of hydrogen-bond donors (Lipinski definition) is 1. The van der Waals surface area contributed by atoms with Gasteiger partial charge in [0.2, 0.25) is 0 Å². The highest BCUT2D eigenvalue weighted by atomic mass is 35.5. The van der Waals surface area contributed by atoms with Crippen molar-refractivity contribution in [2.24, 2.45) is 0 Å². The predicted molar refractivity (Wildman–Crippen MR) is 127 cm³/mol. The minimum atomic E-state index is -0.493. The largest absolute Gasteiger partial charge is 0.493 e. The van der Waals surface area contributed by atoms with Crippen molar-refractivity contribution in [3.8, 4) is 17.6 Å². The minimum absolute atomic E-state index is 0.0458. The van der Waals surface area contributed by atoms with E-state index < -0.39 is 5.91 Å². The van der Waals surface area contributed by atoms with Gasteiger partial charge in [-0.05, 0) is 60.9 Å². The van der Waals surface area contributed by atoms with Gasteiger partial charge in [0, 0.05) is 16.3 Å². The van der Waals surface area contributed by atoms with Gasteiger partial charge in [0.25, 0.3) is 5.91 Å². The molecule has 0 saturated heterocycles. The van der Waals surface area contributed by atoms with Gasteiger partial charge in [-0.25, -0.2) is 0 Å². The molecule has 5 nitrogen and oxygen atoms in total. The number of nitriles is 1. The lowest BCUT2D eigenvalue weighted by molar-refractivity contribution is -0.112. The predicted octanol–water partition coefficient (Wildman–Crippen LogP) is 6.09. The normalized spacial score (nSPS) is 10.9. The van der Waals surface area contributed by atoms with E-state index in [4.69, 9.17) is 21.1 Å². The Morgan fingerprint density at radius 1 is 1.09 bits per heavy atom. The second-order valence-electron chi connectivity index (χ2n) is 7.17. The zero-order valence-electron chi connectivity index (χ0n) is 18.1. The molecule has 0 radical (unpaired) electrons. The van der Waals surface area contributed by atoms with Crippen molar-refractivity contribution >= 4 is 29.3 Å². The summed E-state index contributed by atoms with van der Waals surface area (Å²) in [6, 6.07) is 20.2. The third-order valence-electron chi connectivity index (χ3n) is 5.04. The Morgan fingerprint density at radius 3 is 2.50 bits per heavy atom. The molecule has 1 N–H and O–H groups in total. The fraction of sp³-hybridized carbons (Fsp3) is 0.154. The molecule has 0 saturated carbocycles. The molecule has 0 unspecified atom stereocenters. The van der Waals surface area contributed by atoms with E-state index in [0.717, 1.165) is 16.7 Å². The summed E-state index contributed by atoms with van der Waals surface area (Å²) < 4.78 is 11.4. The fourth-order valence-corrected chi connectivity index (χ4v) is 3.20. The lowest BCUT2D eigenvalue weighted by Crippen LogP contribution is -2.14. The molecule has 162 valence electrons. The molecule has 0 heterocycles. The van der Waals surface area contributed by atoms with Crippen LogP contribution in [0.4, 0.5) is 5.69 Å². The van der Waals surface area contributed by atoms with Gasteiger partial charge in [-0.1, -0.05) is 48.0 Å². The highest BCUT2D eigenvalue weighted by Gasteiger charge is 2.15. The summed E-state index contributed by atoms with van der Waals surface area (Å²) in [6.07, 6.45) is 1.50. The molecule has 0 aliphatic rings. The highest BCUT2D eigenvalue weighted by molar-refractivity contribution is 6.30. The molecule has 0 aliphatic carbocycles. The summed E-state index contributed by atoms with van der Waals surface area (Å²) in [6.45, 7) is 4.16. The van der Waals surface area contributed by atoms with Gasteiger partial charge in [0.15, 0.2) is 11.5 Å². The number of methoxy groups -OCH3 is 1. The first-order valence-electron chi connectivity index (χ1n) is 9.96. The van der Waals surface area contributed by atoms with Crippen LogP contribution in [0.2, 0.25) is 5.02 Å². The van der Waals surface area contributed by atoms with Crippen LogP contribution < -0.4 is 14.8 Å². The average Bonchev–Trinajstić information content (AvgIpc) is 2.80. The first-order valence-corrected chi connectivity index (χ1v) is 10.3. The number of hydrogen-bond acceptors (Lipinski definition) is 4. The summed E-state index contributed by atoms with van der Waals surface area (Å²) >= 11 is 5.94. The molecule has 3 aromatic carbocycles. The molecule has 0 aliphatic heterocycles. The van der Waals surface area contributed by atoms with E-state index in [1.807, 2.05) is 44.2 Å². The Kier molecular flexibility index (Phi) is 7.54. The molecule has 0 bridgehead atoms. The van der Waals surface area contributed by atoms with Crippen LogP contribution in [-0.4, -0.2) is 13.0 Å². The van der Waals surface area contributed by atoms with Gasteiger partial charge in [-0.3, -0.25) is 4.79 Å². The molecule has 0 aromatic heterocycles. The van der Waals surface area contributed by atoms with E-state index in [1.54, 1.807) is 36.4 Å². The van der Waals surface area contributed by atoms with Crippen molar-refractivity contribution in [3.63, 3.8) is 0 Å². The number of nitrogens with zero attached hydrogens (tertiary/aromatic N) is 1. The third-order valence-corrected chi connectivity index (χ3v) is 5.30. The van der Waals surface area contributed by atoms with Crippen LogP contribution in [0.5, 0.6) is 11.5 Å². The second kappa shape index (κ2) is 10.5. The van der Waals surface area contributed by atoms with Crippen molar-refractivity contribution in [3.05, 3.63) is 93.5 Å². The van der Waals surface area contributed by atoms with Crippen LogP contribution in [0, 0.1) is 25.2 Å². The number of amides is 1. The van der Waals surface area contributed by atoms with E-state index in [-0.39, 0.29) is 12.2 Å². The molecule has 0 fully saturated rings. The minimum Gasteiger partial charge on any atom is -0.493 e. The van der Waals surface area contributed by atoms with E-state index >= 15 is 0 Å². The van der Waals surface area contributed by atoms with Gasteiger partial charge < -0.3 is 14.8 Å². The number of benzene rings is 3. The van der Waals surface area contributed by atoms with Crippen LogP contribution in [0.1, 0.15) is 22.3 Å². The van der Waals surface area contributed by atoms with E-state index in [0.29, 0.717) is 27.8 Å². The summed E-state index contributed by atoms with van der Waals surface area (Å²) in [5.41, 5.74) is 4.10. The molecule has 6 heteroatoms. The number of aryl methyl sites for hydroxylation is 1. The van der Waals surface area contributed by atoms with Crippen LogP contribution >= 0.6 is 11.6 Å². The van der Waals surface area contributed by atoms with E-state index in [9.17, 15) is 10.1 Å². The van der Waals surface area contributed by atoms with E-state index in [2.05, 4.69) is 5.32 Å². The van der Waals surface area contributed by atoms with Gasteiger partial charge in [0.05, 0.1) is 7.11 Å². The van der Waals surface area contributed by atoms with Gasteiger partial charge in [-0.2, -0.15) is 5.26 Å². The monoisotopic (exact) mass is 446 g/mol. The average molecular weight is 447 g/mol. The van der Waals surface area contributed by atoms with Crippen molar-refractivity contribution in [2.45, 2.75) is 20.5 Å². The molecule has 0 spiro atoms. The molecule has 1 amide bonds. The Labute approximate surface area is 192 Å². The molecule has 3 aromatic rings. The Bertz CT molecular complexity index is 1190. The molecular formula is C26H23ClN2O3. The third kappa shape index (κ3) is 5.48. The zero-order chi connectivity index (χ0) is 23.1. The van der Waals surface area contributed by atoms with Crippen molar-refractivity contribution in [1.82, 2.24) is 0 Å². The Morgan fingerprint density at radius 2 is 1.81 bits per heavy atom. The standard InChI is InChI=1S/C26H23ClN2O3/c1-17-6-4-8-23(18(17)2)29-26(30)21(15-28)14-20-7-5-9-24(31-3)25(20)32-16-19-10-12-22(27)13-11-19/h4-14H,16H2,1-3H3,(H,29,30)/b21-14-. The topological polar surface area (TPSA) is 71.3 Å². The summed E-state index contributed by atoms with van der Waals surface area (Å²) in [5, 5.41) is 13.1. The summed E-state index contributed by atoms with van der Waals surface area (Å²) in [4.78, 5) is 12.8. The Hall–Kier alpha value is -3.75. The summed E-state index contributed by atoms with van der Waals surface area (Å²) in [5.74, 6) is 0.449. The lowest BCUT2D eigenvalue weighted by Gasteiger charge is -2.14. The number of para-hydroxylation sites is 1. The van der Waals surface area contributed by atoms with Crippen LogP contribution in [0.3, 0.4) is 0 Å². The number of halogens is 1. The molecule has 32 heavy (non-hydrogen) atoms. The SMILES string of the molecule is COc1cccc(/C=C(/C#N)C(=O)Nc2cccc(C)c2C)c1OCc1ccc(Cl)cc1. The highest BCUT2D eigenvalue weighted by Crippen LogP contribution is 2.33. The maximum Gasteiger partial charge on any atom is 0.266 e. The van der Waals surface area contributed by atoms with Gasteiger partial charge in [-0.15, -0.1) is 0 Å². The fourth-order valence-electron chi connectivity index (χ4n) is 3.08. The van der Waals surface area contributed by atoms with Gasteiger partial charge >= 0.3 is 0 Å². The number of carbonyl (C=O) groups excluding carboxylic acids is 1. The molecule has 3 rings (SSSR count). The van der Waals surface area contributed by atoms with E-state index in [1.165, 1.54) is 13.2 Å². The lowest BCUT2D eigenvalue weighted by atomic mass is 10.1. The summed E-state index contributed by atoms with van der Waals surface area (Å²) in [7, 11) is 1.54. The number of anilines is 1. The Balaban J connectivity index is 1.89. The number of nitrogens with one attached hydrogen (secondary N) is 1. The number of rotatable bonds is 7. The maximum atomic E-state index is 12.8. The first-order chi connectivity index (χ1) is 15.4. The number of carbonyl (C=O) groups is 1. The first kappa shape index (κ1) is 22.9. The quantitative estimate of drug-likeness (QED) is 0.352. The zero-order valence-corrected chi connectivity index (χ0v) is 18.9. The van der Waals surface area contributed by atoms with Gasteiger partial charge in [0.1, 0.15) is 18.2 Å². The van der Waals surface area contributed by atoms with Crippen LogP contribution in [-0.2, 0) is 11.4 Å². The van der Waals surface area contributed by atoms with Crippen molar-refractivity contribution in [2.75, 3.05) is 12.4 Å². The molecule has 0 atom stereocenters. The van der Waals surface area contributed by atoms with Crippen LogP contribution in [0.25, 0.3) is 6.08 Å². The van der Waals surface area contributed by atoms with Crippen LogP contribution in [0.15, 0.2) is 66.2 Å². The molecular weight excluding hydrogens is 424 g/mol. The maximum absolute atomic E-state index is 12.8.